The van der Waals surface area contributed by atoms with Crippen molar-refractivity contribution in [3.8, 4) is 5.75 Å². The van der Waals surface area contributed by atoms with Gasteiger partial charge in [0.25, 0.3) is 10.0 Å². The molecule has 1 atom stereocenters. The summed E-state index contributed by atoms with van der Waals surface area (Å²) in [5, 5.41) is 3.36. The summed E-state index contributed by atoms with van der Waals surface area (Å²) in [7, 11) is -2.72. The van der Waals surface area contributed by atoms with Crippen LogP contribution in [0.25, 0.3) is 0 Å². The van der Waals surface area contributed by atoms with E-state index in [1.807, 2.05) is 37.3 Å². The molecular formula is C34H36ClN3O5S. The number of hydrogen-bond donors (Lipinski definition) is 1. The smallest absolute Gasteiger partial charge is 0.264 e. The number of methoxy groups -OCH3 is 1. The van der Waals surface area contributed by atoms with Gasteiger partial charge in [0, 0.05) is 30.6 Å². The van der Waals surface area contributed by atoms with Crippen molar-refractivity contribution in [2.24, 2.45) is 0 Å². The second-order valence-corrected chi connectivity index (χ2v) is 12.4. The molecule has 44 heavy (non-hydrogen) atoms. The number of ether oxygens (including phenoxy) is 1. The van der Waals surface area contributed by atoms with Crippen molar-refractivity contribution in [3.05, 3.63) is 125 Å². The van der Waals surface area contributed by atoms with Crippen molar-refractivity contribution >= 4 is 39.1 Å². The van der Waals surface area contributed by atoms with Crippen LogP contribution < -0.4 is 14.4 Å². The molecule has 0 bridgehead atoms. The van der Waals surface area contributed by atoms with E-state index in [1.54, 1.807) is 66.7 Å². The molecule has 4 rings (SSSR count). The van der Waals surface area contributed by atoms with E-state index in [9.17, 15) is 18.0 Å². The summed E-state index contributed by atoms with van der Waals surface area (Å²) in [6.45, 7) is 1.80. The summed E-state index contributed by atoms with van der Waals surface area (Å²) in [5.41, 5.74) is 1.72. The number of hydrogen-bond acceptors (Lipinski definition) is 5. The van der Waals surface area contributed by atoms with Gasteiger partial charge >= 0.3 is 0 Å². The Morgan fingerprint density at radius 1 is 0.886 bits per heavy atom. The monoisotopic (exact) mass is 633 g/mol. The fourth-order valence-corrected chi connectivity index (χ4v) is 6.37. The lowest BCUT2D eigenvalue weighted by atomic mass is 10.0. The molecule has 0 radical (unpaired) electrons. The highest BCUT2D eigenvalue weighted by Crippen LogP contribution is 2.28. The number of nitrogens with zero attached hydrogens (tertiary/aromatic N) is 2. The lowest BCUT2D eigenvalue weighted by Crippen LogP contribution is -2.53. The first-order valence-electron chi connectivity index (χ1n) is 14.3. The second-order valence-electron chi connectivity index (χ2n) is 10.1. The van der Waals surface area contributed by atoms with Crippen LogP contribution in [0, 0.1) is 0 Å². The van der Waals surface area contributed by atoms with Crippen LogP contribution in [0.15, 0.2) is 114 Å². The van der Waals surface area contributed by atoms with E-state index in [-0.39, 0.29) is 29.5 Å². The molecule has 2 amide bonds. The van der Waals surface area contributed by atoms with Crippen molar-refractivity contribution in [1.29, 1.82) is 0 Å². The number of anilines is 1. The number of amides is 2. The Labute approximate surface area is 264 Å². The molecule has 0 saturated carbocycles. The van der Waals surface area contributed by atoms with E-state index in [2.05, 4.69) is 5.32 Å². The third kappa shape index (κ3) is 8.18. The van der Waals surface area contributed by atoms with Crippen LogP contribution in [-0.4, -0.2) is 51.4 Å². The molecule has 0 saturated heterocycles. The minimum absolute atomic E-state index is 0.00706. The van der Waals surface area contributed by atoms with Crippen LogP contribution in [0.4, 0.5) is 5.69 Å². The minimum atomic E-state index is -4.20. The zero-order chi connectivity index (χ0) is 31.5. The van der Waals surface area contributed by atoms with Crippen molar-refractivity contribution in [2.75, 3.05) is 24.5 Å². The van der Waals surface area contributed by atoms with Crippen LogP contribution in [-0.2, 0) is 32.6 Å². The van der Waals surface area contributed by atoms with E-state index in [1.165, 1.54) is 24.1 Å². The predicted molar refractivity (Wildman–Crippen MR) is 173 cm³/mol. The zero-order valence-corrected chi connectivity index (χ0v) is 26.3. The summed E-state index contributed by atoms with van der Waals surface area (Å²) < 4.78 is 34.5. The van der Waals surface area contributed by atoms with Gasteiger partial charge < -0.3 is 15.0 Å². The van der Waals surface area contributed by atoms with E-state index >= 15 is 0 Å². The Balaban J connectivity index is 1.81. The van der Waals surface area contributed by atoms with E-state index in [0.29, 0.717) is 29.3 Å². The van der Waals surface area contributed by atoms with Crippen molar-refractivity contribution in [2.45, 2.75) is 37.2 Å². The Hall–Kier alpha value is -4.34. The fraction of sp³-hybridized carbons (Fsp3) is 0.235. The van der Waals surface area contributed by atoms with Crippen LogP contribution in [0.2, 0.25) is 5.02 Å². The maximum Gasteiger partial charge on any atom is 0.264 e. The largest absolute Gasteiger partial charge is 0.497 e. The maximum absolute atomic E-state index is 14.5. The number of halogens is 1. The Bertz CT molecular complexity index is 1650. The zero-order valence-electron chi connectivity index (χ0n) is 24.7. The highest BCUT2D eigenvalue weighted by molar-refractivity contribution is 7.92. The third-order valence-electron chi connectivity index (χ3n) is 7.07. The first-order valence-corrected chi connectivity index (χ1v) is 16.1. The van der Waals surface area contributed by atoms with Gasteiger partial charge in [-0.05, 0) is 47.9 Å². The summed E-state index contributed by atoms with van der Waals surface area (Å²) in [5.74, 6) is -0.480. The molecule has 4 aromatic carbocycles. The molecule has 10 heteroatoms. The molecule has 0 aromatic heterocycles. The molecule has 4 aromatic rings. The number of benzene rings is 4. The van der Waals surface area contributed by atoms with Crippen LogP contribution >= 0.6 is 11.6 Å². The lowest BCUT2D eigenvalue weighted by molar-refractivity contribution is -0.140. The van der Waals surface area contributed by atoms with Gasteiger partial charge in [-0.25, -0.2) is 8.42 Å². The quantitative estimate of drug-likeness (QED) is 0.192. The summed E-state index contributed by atoms with van der Waals surface area (Å²) >= 11 is 6.53. The van der Waals surface area contributed by atoms with Crippen LogP contribution in [0.5, 0.6) is 5.75 Å². The molecule has 0 spiro atoms. The average Bonchev–Trinajstić information content (AvgIpc) is 3.05. The molecule has 8 nitrogen and oxygen atoms in total. The van der Waals surface area contributed by atoms with E-state index in [4.69, 9.17) is 16.3 Å². The van der Waals surface area contributed by atoms with Gasteiger partial charge in [-0.3, -0.25) is 13.9 Å². The number of carbonyl (C=O) groups is 2. The number of sulfonamides is 1. The molecule has 1 N–H and O–H groups in total. The third-order valence-corrected chi connectivity index (χ3v) is 9.23. The standard InChI is InChI=1S/C34H36ClN3O5S/c1-3-21-36-34(40)32(22-26-13-6-4-7-14-26)37(24-27-15-10-11-20-31(27)35)33(39)25-38(28-16-12-17-29(23-28)43-2)44(41,42)30-18-8-5-9-19-30/h4-20,23,32H,3,21-22,24-25H2,1-2H3,(H,36,40)/t32-/m1/s1. The summed E-state index contributed by atoms with van der Waals surface area (Å²) in [4.78, 5) is 29.6. The molecule has 0 unspecified atom stereocenters. The van der Waals surface area contributed by atoms with Gasteiger partial charge in [-0.1, -0.05) is 91.3 Å². The molecule has 0 aliphatic carbocycles. The van der Waals surface area contributed by atoms with Crippen LogP contribution in [0.3, 0.4) is 0 Å². The first kappa shape index (κ1) is 32.6. The van der Waals surface area contributed by atoms with Crippen LogP contribution in [0.1, 0.15) is 24.5 Å². The first-order chi connectivity index (χ1) is 21.2. The number of rotatable bonds is 14. The Kier molecular flexibility index (Phi) is 11.4. The molecule has 230 valence electrons. The number of nitrogens with one attached hydrogen (secondary N) is 1. The van der Waals surface area contributed by atoms with E-state index in [0.717, 1.165) is 9.87 Å². The van der Waals surface area contributed by atoms with Gasteiger partial charge in [-0.2, -0.15) is 0 Å². The van der Waals surface area contributed by atoms with Gasteiger partial charge in [0.05, 0.1) is 17.7 Å². The SMILES string of the molecule is CCCNC(=O)[C@@H](Cc1ccccc1)N(Cc1ccccc1Cl)C(=O)CN(c1cccc(OC)c1)S(=O)(=O)c1ccccc1. The van der Waals surface area contributed by atoms with Crippen molar-refractivity contribution in [1.82, 2.24) is 10.2 Å². The van der Waals surface area contributed by atoms with Gasteiger partial charge in [-0.15, -0.1) is 0 Å². The average molecular weight is 634 g/mol. The topological polar surface area (TPSA) is 96.0 Å². The van der Waals surface area contributed by atoms with Gasteiger partial charge in [0.15, 0.2) is 0 Å². The van der Waals surface area contributed by atoms with Gasteiger partial charge in [0.1, 0.15) is 18.3 Å². The number of carbonyl (C=O) groups excluding carboxylic acids is 2. The normalized spacial score (nSPS) is 11.8. The second kappa shape index (κ2) is 15.4. The Morgan fingerprint density at radius 2 is 1.55 bits per heavy atom. The van der Waals surface area contributed by atoms with E-state index < -0.39 is 28.5 Å². The minimum Gasteiger partial charge on any atom is -0.497 e. The maximum atomic E-state index is 14.5. The molecular weight excluding hydrogens is 598 g/mol. The predicted octanol–water partition coefficient (Wildman–Crippen LogP) is 5.71. The molecule has 0 heterocycles. The van der Waals surface area contributed by atoms with Crippen molar-refractivity contribution < 1.29 is 22.7 Å². The summed E-state index contributed by atoms with van der Waals surface area (Å²) in [6.07, 6.45) is 0.929. The highest BCUT2D eigenvalue weighted by Gasteiger charge is 2.35. The molecule has 0 aliphatic heterocycles. The lowest BCUT2D eigenvalue weighted by Gasteiger charge is -2.34. The Morgan fingerprint density at radius 3 is 2.20 bits per heavy atom. The fourth-order valence-electron chi connectivity index (χ4n) is 4.74. The summed E-state index contributed by atoms with van der Waals surface area (Å²) in [6, 6.07) is 29.9. The van der Waals surface area contributed by atoms with Gasteiger partial charge in [0.2, 0.25) is 11.8 Å². The molecule has 0 aliphatic rings. The molecule has 0 fully saturated rings. The highest BCUT2D eigenvalue weighted by atomic mass is 35.5. The van der Waals surface area contributed by atoms with Crippen molar-refractivity contribution in [3.63, 3.8) is 0 Å².